The zero-order chi connectivity index (χ0) is 21.7. The molecule has 2 aromatic rings. The first-order valence-corrected chi connectivity index (χ1v) is 10.1. The number of ketones is 1. The van der Waals surface area contributed by atoms with E-state index in [1.807, 2.05) is 25.9 Å². The van der Waals surface area contributed by atoms with Gasteiger partial charge in [-0.2, -0.15) is 0 Å². The summed E-state index contributed by atoms with van der Waals surface area (Å²) in [6.45, 7) is 3.70. The number of carbonyl (C=O) groups is 2. The molecule has 3 rings (SSSR count). The van der Waals surface area contributed by atoms with E-state index in [0.717, 1.165) is 13.0 Å². The fourth-order valence-electron chi connectivity index (χ4n) is 3.52. The second kappa shape index (κ2) is 9.63. The average molecular weight is 412 g/mol. The molecule has 0 radical (unpaired) electrons. The van der Waals surface area contributed by atoms with Crippen molar-refractivity contribution in [3.63, 3.8) is 0 Å². The van der Waals surface area contributed by atoms with Crippen LogP contribution in [0.2, 0.25) is 0 Å². The highest BCUT2D eigenvalue weighted by atomic mass is 16.5. The number of Topliss-reactive ketones (excluding diaryl/α,β-unsaturated/α-hetero) is 1. The predicted octanol–water partition coefficient (Wildman–Crippen LogP) is 3.44. The summed E-state index contributed by atoms with van der Waals surface area (Å²) in [5.41, 5.74) is 0.457. The van der Waals surface area contributed by atoms with Crippen molar-refractivity contribution in [3.05, 3.63) is 59.6 Å². The standard InChI is InChI=1S/C23H28N2O5/c1-4-13-29-17-9-5-8-16(15-17)21(26)19-20(18-10-6-14-30-18)25(23(28)22(19)27)12-7-11-24(2)3/h5-6,8-10,14-15,20,26H,4,7,11-13H2,1-3H3. The van der Waals surface area contributed by atoms with Crippen LogP contribution in [-0.2, 0) is 9.59 Å². The van der Waals surface area contributed by atoms with Crippen LogP contribution in [0.4, 0.5) is 0 Å². The molecule has 1 saturated heterocycles. The van der Waals surface area contributed by atoms with Crippen molar-refractivity contribution >= 4 is 17.4 Å². The van der Waals surface area contributed by atoms with E-state index in [1.54, 1.807) is 36.4 Å². The average Bonchev–Trinajstić information content (AvgIpc) is 3.34. The topological polar surface area (TPSA) is 83.2 Å². The molecule has 160 valence electrons. The number of ether oxygens (including phenoxy) is 1. The molecule has 1 atom stereocenters. The van der Waals surface area contributed by atoms with Crippen LogP contribution in [0.25, 0.3) is 5.76 Å². The van der Waals surface area contributed by atoms with Crippen LogP contribution in [-0.4, -0.2) is 60.4 Å². The van der Waals surface area contributed by atoms with Crippen molar-refractivity contribution in [1.29, 1.82) is 0 Å². The van der Waals surface area contributed by atoms with Gasteiger partial charge < -0.3 is 24.1 Å². The number of likely N-dealkylation sites (tertiary alicyclic amines) is 1. The Morgan fingerprint density at radius 3 is 2.70 bits per heavy atom. The molecule has 0 aliphatic carbocycles. The minimum Gasteiger partial charge on any atom is -0.507 e. The van der Waals surface area contributed by atoms with Gasteiger partial charge in [0.25, 0.3) is 11.7 Å². The molecule has 1 fully saturated rings. The summed E-state index contributed by atoms with van der Waals surface area (Å²) in [6.07, 6.45) is 3.04. The van der Waals surface area contributed by atoms with Crippen molar-refractivity contribution in [3.8, 4) is 5.75 Å². The summed E-state index contributed by atoms with van der Waals surface area (Å²) in [4.78, 5) is 29.2. The third-order valence-electron chi connectivity index (χ3n) is 4.94. The first-order chi connectivity index (χ1) is 14.4. The van der Waals surface area contributed by atoms with Gasteiger partial charge in [-0.05, 0) is 57.7 Å². The number of furan rings is 1. The smallest absolute Gasteiger partial charge is 0.295 e. The van der Waals surface area contributed by atoms with E-state index in [1.165, 1.54) is 11.2 Å². The van der Waals surface area contributed by atoms with Crippen molar-refractivity contribution in [1.82, 2.24) is 9.80 Å². The van der Waals surface area contributed by atoms with Gasteiger partial charge in [-0.1, -0.05) is 19.1 Å². The van der Waals surface area contributed by atoms with E-state index in [4.69, 9.17) is 9.15 Å². The Kier molecular flexibility index (Phi) is 6.95. The molecule has 1 N–H and O–H groups in total. The van der Waals surface area contributed by atoms with E-state index in [2.05, 4.69) is 0 Å². The van der Waals surface area contributed by atoms with Crippen LogP contribution in [0, 0.1) is 0 Å². The quantitative estimate of drug-likeness (QED) is 0.386. The first kappa shape index (κ1) is 21.6. The van der Waals surface area contributed by atoms with E-state index in [-0.39, 0.29) is 11.3 Å². The Balaban J connectivity index is 2.00. The van der Waals surface area contributed by atoms with Crippen LogP contribution < -0.4 is 4.74 Å². The van der Waals surface area contributed by atoms with Crippen molar-refractivity contribution in [2.75, 3.05) is 33.8 Å². The Hall–Kier alpha value is -3.06. The van der Waals surface area contributed by atoms with Crippen LogP contribution in [0.1, 0.15) is 37.1 Å². The lowest BCUT2D eigenvalue weighted by molar-refractivity contribution is -0.140. The summed E-state index contributed by atoms with van der Waals surface area (Å²) in [6, 6.07) is 9.54. The van der Waals surface area contributed by atoms with Crippen molar-refractivity contribution < 1.29 is 23.8 Å². The van der Waals surface area contributed by atoms with E-state index >= 15 is 0 Å². The zero-order valence-electron chi connectivity index (χ0n) is 17.6. The normalized spacial score (nSPS) is 18.4. The number of amides is 1. The lowest BCUT2D eigenvalue weighted by Gasteiger charge is -2.24. The lowest BCUT2D eigenvalue weighted by atomic mass is 9.99. The Labute approximate surface area is 176 Å². The second-order valence-electron chi connectivity index (χ2n) is 7.54. The fourth-order valence-corrected chi connectivity index (χ4v) is 3.52. The largest absolute Gasteiger partial charge is 0.507 e. The molecule has 1 aromatic heterocycles. The summed E-state index contributed by atoms with van der Waals surface area (Å²) in [5.74, 6) is -0.532. The van der Waals surface area contributed by atoms with Crippen LogP contribution in [0.3, 0.4) is 0 Å². The molecule has 7 nitrogen and oxygen atoms in total. The molecular weight excluding hydrogens is 384 g/mol. The molecular formula is C23H28N2O5. The monoisotopic (exact) mass is 412 g/mol. The summed E-state index contributed by atoms with van der Waals surface area (Å²) in [5, 5.41) is 11.0. The maximum Gasteiger partial charge on any atom is 0.295 e. The van der Waals surface area contributed by atoms with Gasteiger partial charge in [0.05, 0.1) is 18.4 Å². The molecule has 30 heavy (non-hydrogen) atoms. The van der Waals surface area contributed by atoms with Gasteiger partial charge in [-0.15, -0.1) is 0 Å². The number of rotatable bonds is 9. The molecule has 1 aromatic carbocycles. The highest BCUT2D eigenvalue weighted by Crippen LogP contribution is 2.39. The van der Waals surface area contributed by atoms with Gasteiger partial charge >= 0.3 is 0 Å². The number of benzene rings is 1. The molecule has 1 aliphatic heterocycles. The highest BCUT2D eigenvalue weighted by Gasteiger charge is 2.47. The molecule has 0 bridgehead atoms. The van der Waals surface area contributed by atoms with Gasteiger partial charge in [-0.3, -0.25) is 9.59 Å². The molecule has 1 unspecified atom stereocenters. The van der Waals surface area contributed by atoms with E-state index < -0.39 is 17.7 Å². The SMILES string of the molecule is CCCOc1cccc(C(O)=C2C(=O)C(=O)N(CCCN(C)C)C2c2ccco2)c1. The van der Waals surface area contributed by atoms with Gasteiger partial charge in [-0.25, -0.2) is 0 Å². The molecule has 1 aliphatic rings. The van der Waals surface area contributed by atoms with Gasteiger partial charge in [0.2, 0.25) is 0 Å². The molecule has 2 heterocycles. The second-order valence-corrected chi connectivity index (χ2v) is 7.54. The van der Waals surface area contributed by atoms with Crippen LogP contribution in [0.15, 0.2) is 52.7 Å². The predicted molar refractivity (Wildman–Crippen MR) is 113 cm³/mol. The number of hydrogen-bond acceptors (Lipinski definition) is 6. The number of hydrogen-bond donors (Lipinski definition) is 1. The van der Waals surface area contributed by atoms with Gasteiger partial charge in [0.15, 0.2) is 0 Å². The van der Waals surface area contributed by atoms with Crippen LogP contribution in [0.5, 0.6) is 5.75 Å². The summed E-state index contributed by atoms with van der Waals surface area (Å²) in [7, 11) is 3.90. The summed E-state index contributed by atoms with van der Waals surface area (Å²) >= 11 is 0. The molecule has 0 spiro atoms. The lowest BCUT2D eigenvalue weighted by Crippen LogP contribution is -2.32. The highest BCUT2D eigenvalue weighted by molar-refractivity contribution is 6.46. The molecule has 0 saturated carbocycles. The maximum atomic E-state index is 12.9. The fraction of sp³-hybridized carbons (Fsp3) is 0.391. The van der Waals surface area contributed by atoms with Gasteiger partial charge in [0, 0.05) is 12.1 Å². The number of nitrogens with zero attached hydrogens (tertiary/aromatic N) is 2. The van der Waals surface area contributed by atoms with Crippen molar-refractivity contribution in [2.24, 2.45) is 0 Å². The van der Waals surface area contributed by atoms with Crippen molar-refractivity contribution in [2.45, 2.75) is 25.8 Å². The molecule has 1 amide bonds. The minimum absolute atomic E-state index is 0.0347. The minimum atomic E-state index is -0.762. The molecule has 7 heteroatoms. The Bertz CT molecular complexity index is 917. The third kappa shape index (κ3) is 4.57. The van der Waals surface area contributed by atoms with Crippen LogP contribution >= 0.6 is 0 Å². The first-order valence-electron chi connectivity index (χ1n) is 10.1. The Morgan fingerprint density at radius 1 is 1.23 bits per heavy atom. The zero-order valence-corrected chi connectivity index (χ0v) is 17.6. The number of aliphatic hydroxyl groups is 1. The summed E-state index contributed by atoms with van der Waals surface area (Å²) < 4.78 is 11.2. The van der Waals surface area contributed by atoms with Gasteiger partial charge in [0.1, 0.15) is 23.3 Å². The third-order valence-corrected chi connectivity index (χ3v) is 4.94. The van der Waals surface area contributed by atoms with E-state index in [0.29, 0.717) is 36.6 Å². The van der Waals surface area contributed by atoms with E-state index in [9.17, 15) is 14.7 Å². The Morgan fingerprint density at radius 2 is 2.03 bits per heavy atom. The number of aliphatic hydroxyl groups excluding tert-OH is 1. The number of carbonyl (C=O) groups excluding carboxylic acids is 2. The maximum absolute atomic E-state index is 12.9.